The van der Waals surface area contributed by atoms with Gasteiger partial charge in [-0.05, 0) is 32.7 Å². The van der Waals surface area contributed by atoms with E-state index in [0.717, 1.165) is 32.4 Å². The van der Waals surface area contributed by atoms with Crippen LogP contribution in [0.3, 0.4) is 0 Å². The third-order valence-electron chi connectivity index (χ3n) is 3.99. The van der Waals surface area contributed by atoms with Crippen LogP contribution in [0.15, 0.2) is 0 Å². The first kappa shape index (κ1) is 13.3. The van der Waals surface area contributed by atoms with Crippen molar-refractivity contribution < 1.29 is 9.59 Å². The maximum Gasteiger partial charge on any atom is 0.227 e. The Bertz CT molecular complexity index is 332. The number of hydrogen-bond acceptors (Lipinski definition) is 3. The zero-order chi connectivity index (χ0) is 13.1. The molecule has 5 heteroatoms. The van der Waals surface area contributed by atoms with Crippen LogP contribution in [0.4, 0.5) is 0 Å². The largest absolute Gasteiger partial charge is 0.352 e. The van der Waals surface area contributed by atoms with Crippen LogP contribution in [-0.4, -0.2) is 48.4 Å². The maximum absolute atomic E-state index is 12.4. The van der Waals surface area contributed by atoms with E-state index in [4.69, 9.17) is 0 Å². The number of piperidine rings is 1. The smallest absolute Gasteiger partial charge is 0.227 e. The average molecular weight is 253 g/mol. The highest BCUT2D eigenvalue weighted by Gasteiger charge is 2.34. The minimum Gasteiger partial charge on any atom is -0.352 e. The summed E-state index contributed by atoms with van der Waals surface area (Å²) >= 11 is 0. The van der Waals surface area contributed by atoms with Gasteiger partial charge in [-0.15, -0.1) is 0 Å². The van der Waals surface area contributed by atoms with Gasteiger partial charge in [-0.25, -0.2) is 0 Å². The summed E-state index contributed by atoms with van der Waals surface area (Å²) in [7, 11) is 0. The van der Waals surface area contributed by atoms with Crippen molar-refractivity contribution in [1.82, 2.24) is 15.5 Å². The second-order valence-corrected chi connectivity index (χ2v) is 5.46. The van der Waals surface area contributed by atoms with Gasteiger partial charge in [-0.3, -0.25) is 9.59 Å². The van der Waals surface area contributed by atoms with Crippen molar-refractivity contribution in [1.29, 1.82) is 0 Å². The Labute approximate surface area is 108 Å². The van der Waals surface area contributed by atoms with Crippen molar-refractivity contribution in [3.05, 3.63) is 0 Å². The third-order valence-corrected chi connectivity index (χ3v) is 3.99. The van der Waals surface area contributed by atoms with Gasteiger partial charge in [0.15, 0.2) is 0 Å². The van der Waals surface area contributed by atoms with E-state index in [0.29, 0.717) is 6.54 Å². The number of hydrogen-bond donors (Lipinski definition) is 2. The summed E-state index contributed by atoms with van der Waals surface area (Å²) in [5.41, 5.74) is 0. The predicted octanol–water partition coefficient (Wildman–Crippen LogP) is 0.112. The Hall–Kier alpha value is -1.10. The molecule has 0 saturated carbocycles. The number of carbonyl (C=O) groups is 2. The van der Waals surface area contributed by atoms with E-state index in [9.17, 15) is 9.59 Å². The molecular formula is C13H23N3O2. The van der Waals surface area contributed by atoms with Crippen LogP contribution in [0.5, 0.6) is 0 Å². The van der Waals surface area contributed by atoms with Gasteiger partial charge < -0.3 is 15.5 Å². The molecule has 0 aromatic carbocycles. The van der Waals surface area contributed by atoms with E-state index in [1.54, 1.807) is 0 Å². The quantitative estimate of drug-likeness (QED) is 0.734. The van der Waals surface area contributed by atoms with Crippen molar-refractivity contribution in [3.8, 4) is 0 Å². The molecule has 2 rings (SSSR count). The zero-order valence-electron chi connectivity index (χ0n) is 11.2. The molecule has 2 heterocycles. The highest BCUT2D eigenvalue weighted by molar-refractivity contribution is 5.80. The molecule has 5 nitrogen and oxygen atoms in total. The van der Waals surface area contributed by atoms with Crippen LogP contribution >= 0.6 is 0 Å². The number of nitrogens with one attached hydrogen (secondary N) is 2. The van der Waals surface area contributed by atoms with Crippen molar-refractivity contribution >= 4 is 11.8 Å². The summed E-state index contributed by atoms with van der Waals surface area (Å²) in [6.45, 7) is 6.06. The molecule has 0 radical (unpaired) electrons. The van der Waals surface area contributed by atoms with E-state index in [1.807, 2.05) is 4.90 Å². The number of rotatable bonds is 2. The van der Waals surface area contributed by atoms with Gasteiger partial charge in [0.1, 0.15) is 0 Å². The van der Waals surface area contributed by atoms with Crippen molar-refractivity contribution in [2.24, 2.45) is 5.92 Å². The lowest BCUT2D eigenvalue weighted by Crippen LogP contribution is -2.48. The fraction of sp³-hybridized carbons (Fsp3) is 0.846. The second-order valence-electron chi connectivity index (χ2n) is 5.46. The molecule has 3 atom stereocenters. The Morgan fingerprint density at radius 1 is 1.33 bits per heavy atom. The molecule has 102 valence electrons. The highest BCUT2D eigenvalue weighted by atomic mass is 16.2. The summed E-state index contributed by atoms with van der Waals surface area (Å²) < 4.78 is 0. The molecule has 0 bridgehead atoms. The topological polar surface area (TPSA) is 61.4 Å². The van der Waals surface area contributed by atoms with Gasteiger partial charge in [0.05, 0.1) is 5.92 Å². The molecule has 18 heavy (non-hydrogen) atoms. The van der Waals surface area contributed by atoms with Gasteiger partial charge in [-0.1, -0.05) is 0 Å². The molecule has 2 N–H and O–H groups in total. The van der Waals surface area contributed by atoms with Crippen LogP contribution in [0.1, 0.15) is 33.1 Å². The lowest BCUT2D eigenvalue weighted by atomic mass is 9.91. The molecule has 0 spiro atoms. The molecule has 3 unspecified atom stereocenters. The lowest BCUT2D eigenvalue weighted by molar-refractivity contribution is -0.136. The second kappa shape index (κ2) is 5.69. The van der Waals surface area contributed by atoms with Crippen molar-refractivity contribution in [2.45, 2.75) is 45.2 Å². The monoisotopic (exact) mass is 253 g/mol. The summed E-state index contributed by atoms with van der Waals surface area (Å²) in [6.07, 6.45) is 2.93. The maximum atomic E-state index is 12.4. The zero-order valence-corrected chi connectivity index (χ0v) is 11.2. The van der Waals surface area contributed by atoms with Crippen LogP contribution in [-0.2, 0) is 9.59 Å². The SMILES string of the molecule is CC(=O)NC1CCN(C(=O)C2CCCNC2C)C1. The van der Waals surface area contributed by atoms with E-state index < -0.39 is 0 Å². The van der Waals surface area contributed by atoms with E-state index >= 15 is 0 Å². The number of likely N-dealkylation sites (tertiary alicyclic amines) is 1. The highest BCUT2D eigenvalue weighted by Crippen LogP contribution is 2.21. The normalized spacial score (nSPS) is 32.3. The third kappa shape index (κ3) is 3.02. The molecule has 0 aliphatic carbocycles. The summed E-state index contributed by atoms with van der Waals surface area (Å²) in [5, 5.41) is 6.25. The van der Waals surface area contributed by atoms with Gasteiger partial charge >= 0.3 is 0 Å². The number of carbonyl (C=O) groups excluding carboxylic acids is 2. The Morgan fingerprint density at radius 2 is 2.11 bits per heavy atom. The fourth-order valence-electron chi connectivity index (χ4n) is 2.98. The Morgan fingerprint density at radius 3 is 2.78 bits per heavy atom. The van der Waals surface area contributed by atoms with Crippen LogP contribution in [0.25, 0.3) is 0 Å². The van der Waals surface area contributed by atoms with Crippen molar-refractivity contribution in [2.75, 3.05) is 19.6 Å². The fourth-order valence-corrected chi connectivity index (χ4v) is 2.98. The first-order valence-electron chi connectivity index (χ1n) is 6.87. The molecule has 0 aromatic heterocycles. The molecule has 2 fully saturated rings. The van der Waals surface area contributed by atoms with Gasteiger partial charge in [0.2, 0.25) is 11.8 Å². The molecule has 2 amide bonds. The average Bonchev–Trinajstić information content (AvgIpc) is 2.76. The minimum absolute atomic E-state index is 0.0120. The number of nitrogens with zero attached hydrogens (tertiary/aromatic N) is 1. The summed E-state index contributed by atoms with van der Waals surface area (Å²) in [5.74, 6) is 0.347. The predicted molar refractivity (Wildman–Crippen MR) is 69.0 cm³/mol. The molecular weight excluding hydrogens is 230 g/mol. The van der Waals surface area contributed by atoms with Crippen molar-refractivity contribution in [3.63, 3.8) is 0 Å². The van der Waals surface area contributed by atoms with Crippen LogP contribution in [0.2, 0.25) is 0 Å². The molecule has 2 aliphatic heterocycles. The van der Waals surface area contributed by atoms with E-state index in [2.05, 4.69) is 17.6 Å². The van der Waals surface area contributed by atoms with Crippen LogP contribution < -0.4 is 10.6 Å². The number of amides is 2. The Balaban J connectivity index is 1.88. The molecule has 2 aliphatic rings. The van der Waals surface area contributed by atoms with Gasteiger partial charge in [0, 0.05) is 32.1 Å². The first-order chi connectivity index (χ1) is 8.58. The lowest BCUT2D eigenvalue weighted by Gasteiger charge is -2.32. The van der Waals surface area contributed by atoms with E-state index in [-0.39, 0.29) is 29.8 Å². The Kier molecular flexibility index (Phi) is 4.22. The minimum atomic E-state index is -0.0120. The van der Waals surface area contributed by atoms with Gasteiger partial charge in [-0.2, -0.15) is 0 Å². The van der Waals surface area contributed by atoms with Crippen LogP contribution in [0, 0.1) is 5.92 Å². The van der Waals surface area contributed by atoms with E-state index in [1.165, 1.54) is 6.92 Å². The molecule has 0 aromatic rings. The first-order valence-corrected chi connectivity index (χ1v) is 6.87. The van der Waals surface area contributed by atoms with Gasteiger partial charge in [0.25, 0.3) is 0 Å². The molecule has 2 saturated heterocycles. The standard InChI is InChI=1S/C13H23N3O2/c1-9-12(4-3-6-14-9)13(18)16-7-5-11(8-16)15-10(2)17/h9,11-12,14H,3-8H2,1-2H3,(H,15,17). The summed E-state index contributed by atoms with van der Waals surface area (Å²) in [6, 6.07) is 0.407. The summed E-state index contributed by atoms with van der Waals surface area (Å²) in [4.78, 5) is 25.3.